The monoisotopic (exact) mass is 367 g/mol. The Morgan fingerprint density at radius 2 is 1.76 bits per heavy atom. The molecule has 1 atom stereocenters. The van der Waals surface area contributed by atoms with Crippen molar-refractivity contribution < 1.29 is 9.47 Å². The molecule has 110 valence electrons. The van der Waals surface area contributed by atoms with Gasteiger partial charge in [0.25, 0.3) is 0 Å². The van der Waals surface area contributed by atoms with Crippen LogP contribution >= 0.6 is 27.5 Å². The minimum absolute atomic E-state index is 0.283. The minimum atomic E-state index is -0.283. The second-order valence-corrected chi connectivity index (χ2v) is 6.29. The van der Waals surface area contributed by atoms with Gasteiger partial charge < -0.3 is 15.2 Å². The highest BCUT2D eigenvalue weighted by Gasteiger charge is 2.20. The lowest BCUT2D eigenvalue weighted by Crippen LogP contribution is -2.18. The zero-order valence-electron chi connectivity index (χ0n) is 11.5. The smallest absolute Gasteiger partial charge is 0.162 e. The van der Waals surface area contributed by atoms with Gasteiger partial charge in [-0.2, -0.15) is 0 Å². The molecule has 2 aromatic carbocycles. The van der Waals surface area contributed by atoms with Crippen molar-refractivity contribution in [3.05, 3.63) is 56.5 Å². The Labute approximate surface area is 137 Å². The second kappa shape index (κ2) is 5.87. The van der Waals surface area contributed by atoms with E-state index in [-0.39, 0.29) is 6.04 Å². The Balaban J connectivity index is 2.05. The second-order valence-electron chi connectivity index (χ2n) is 5.00. The van der Waals surface area contributed by atoms with E-state index in [1.807, 2.05) is 37.3 Å². The average molecular weight is 369 g/mol. The van der Waals surface area contributed by atoms with Gasteiger partial charge in [-0.3, -0.25) is 0 Å². The van der Waals surface area contributed by atoms with Crippen molar-refractivity contribution >= 4 is 27.5 Å². The predicted molar refractivity (Wildman–Crippen MR) is 87.4 cm³/mol. The first-order valence-electron chi connectivity index (χ1n) is 6.67. The van der Waals surface area contributed by atoms with Gasteiger partial charge in [0.1, 0.15) is 13.2 Å². The molecule has 1 unspecified atom stereocenters. The summed E-state index contributed by atoms with van der Waals surface area (Å²) in [5.74, 6) is 1.47. The van der Waals surface area contributed by atoms with Crippen molar-refractivity contribution in [3.8, 4) is 11.5 Å². The lowest BCUT2D eigenvalue weighted by atomic mass is 9.95. The van der Waals surface area contributed by atoms with Crippen LogP contribution in [0, 0.1) is 6.92 Å². The summed E-state index contributed by atoms with van der Waals surface area (Å²) >= 11 is 9.66. The van der Waals surface area contributed by atoms with Crippen LogP contribution in [0.2, 0.25) is 5.02 Å². The fourth-order valence-corrected chi connectivity index (χ4v) is 3.18. The number of halogens is 2. The van der Waals surface area contributed by atoms with E-state index in [2.05, 4.69) is 15.9 Å². The third kappa shape index (κ3) is 2.89. The topological polar surface area (TPSA) is 44.5 Å². The summed E-state index contributed by atoms with van der Waals surface area (Å²) in [6.07, 6.45) is 0. The molecular weight excluding hydrogens is 354 g/mol. The van der Waals surface area contributed by atoms with Crippen LogP contribution in [0.5, 0.6) is 11.5 Å². The first-order valence-corrected chi connectivity index (χ1v) is 7.84. The molecule has 0 spiro atoms. The molecule has 0 bridgehead atoms. The molecule has 2 aromatic rings. The number of hydrogen-bond acceptors (Lipinski definition) is 3. The van der Waals surface area contributed by atoms with E-state index in [0.29, 0.717) is 18.2 Å². The molecule has 0 saturated carbocycles. The summed E-state index contributed by atoms with van der Waals surface area (Å²) < 4.78 is 12.1. The number of fused-ring (bicyclic) bond motifs is 1. The van der Waals surface area contributed by atoms with Crippen LogP contribution in [0.25, 0.3) is 0 Å². The highest BCUT2D eigenvalue weighted by atomic mass is 79.9. The maximum atomic E-state index is 6.43. The van der Waals surface area contributed by atoms with Gasteiger partial charge in [0, 0.05) is 9.50 Å². The molecule has 3 rings (SSSR count). The Kier molecular flexibility index (Phi) is 4.11. The molecule has 0 fully saturated rings. The third-order valence-electron chi connectivity index (χ3n) is 3.57. The van der Waals surface area contributed by atoms with Crippen LogP contribution in [0.3, 0.4) is 0 Å². The summed E-state index contributed by atoms with van der Waals surface area (Å²) in [4.78, 5) is 0. The summed E-state index contributed by atoms with van der Waals surface area (Å²) in [7, 11) is 0. The van der Waals surface area contributed by atoms with Crippen LogP contribution in [0.1, 0.15) is 22.7 Å². The normalized spacial score (nSPS) is 14.9. The molecule has 2 N–H and O–H groups in total. The van der Waals surface area contributed by atoms with Gasteiger partial charge in [-0.1, -0.05) is 33.6 Å². The average Bonchev–Trinajstić information content (AvgIpc) is 2.48. The minimum Gasteiger partial charge on any atom is -0.486 e. The molecule has 1 aliphatic heterocycles. The van der Waals surface area contributed by atoms with Crippen molar-refractivity contribution in [1.29, 1.82) is 0 Å². The van der Waals surface area contributed by atoms with Crippen molar-refractivity contribution in [1.82, 2.24) is 0 Å². The molecule has 3 nitrogen and oxygen atoms in total. The first kappa shape index (κ1) is 14.7. The largest absolute Gasteiger partial charge is 0.486 e. The summed E-state index contributed by atoms with van der Waals surface area (Å²) in [6, 6.07) is 9.31. The van der Waals surface area contributed by atoms with Crippen LogP contribution in [0.15, 0.2) is 34.8 Å². The highest BCUT2D eigenvalue weighted by Crippen LogP contribution is 2.39. The van der Waals surface area contributed by atoms with E-state index in [1.165, 1.54) is 0 Å². The van der Waals surface area contributed by atoms with Gasteiger partial charge in [-0.25, -0.2) is 0 Å². The highest BCUT2D eigenvalue weighted by molar-refractivity contribution is 9.10. The lowest BCUT2D eigenvalue weighted by molar-refractivity contribution is 0.171. The fourth-order valence-electron chi connectivity index (χ4n) is 2.43. The van der Waals surface area contributed by atoms with E-state index >= 15 is 0 Å². The van der Waals surface area contributed by atoms with Gasteiger partial charge in [-0.15, -0.1) is 0 Å². The van der Waals surface area contributed by atoms with Crippen LogP contribution < -0.4 is 15.2 Å². The number of benzene rings is 2. The molecule has 0 aliphatic carbocycles. The number of rotatable bonds is 2. The van der Waals surface area contributed by atoms with Crippen LogP contribution in [-0.4, -0.2) is 13.2 Å². The molecule has 5 heteroatoms. The number of ether oxygens (including phenoxy) is 2. The predicted octanol–water partition coefficient (Wildman–Crippen LogP) is 4.23. The number of nitrogens with two attached hydrogens (primary N) is 1. The zero-order chi connectivity index (χ0) is 15.0. The molecule has 0 saturated heterocycles. The van der Waals surface area contributed by atoms with Gasteiger partial charge in [0.15, 0.2) is 11.5 Å². The zero-order valence-corrected chi connectivity index (χ0v) is 13.9. The standard InChI is InChI=1S/C16H15BrClNO2/c1-9-2-3-10(18)6-11(9)16(19)12-7-14-15(8-13(12)17)21-5-4-20-14/h2-3,6-8,16H,4-5,19H2,1H3. The van der Waals surface area contributed by atoms with E-state index < -0.39 is 0 Å². The molecular formula is C16H15BrClNO2. The van der Waals surface area contributed by atoms with Gasteiger partial charge in [0.05, 0.1) is 6.04 Å². The maximum absolute atomic E-state index is 6.43. The Morgan fingerprint density at radius 1 is 1.10 bits per heavy atom. The molecule has 0 amide bonds. The molecule has 0 aromatic heterocycles. The fraction of sp³-hybridized carbons (Fsp3) is 0.250. The van der Waals surface area contributed by atoms with Crippen LogP contribution in [0.4, 0.5) is 0 Å². The van der Waals surface area contributed by atoms with E-state index in [1.54, 1.807) is 0 Å². The number of hydrogen-bond donors (Lipinski definition) is 1. The Morgan fingerprint density at radius 3 is 2.48 bits per heavy atom. The van der Waals surface area contributed by atoms with Crippen LogP contribution in [-0.2, 0) is 0 Å². The molecule has 1 aliphatic rings. The van der Waals surface area contributed by atoms with Crippen molar-refractivity contribution in [3.63, 3.8) is 0 Å². The van der Waals surface area contributed by atoms with Gasteiger partial charge >= 0.3 is 0 Å². The Hall–Kier alpha value is -1.23. The summed E-state index contributed by atoms with van der Waals surface area (Å²) in [6.45, 7) is 3.15. The number of aryl methyl sites for hydroxylation is 1. The third-order valence-corrected chi connectivity index (χ3v) is 4.49. The van der Waals surface area contributed by atoms with E-state index in [0.717, 1.165) is 32.7 Å². The molecule has 1 heterocycles. The summed E-state index contributed by atoms with van der Waals surface area (Å²) in [5.41, 5.74) is 9.49. The maximum Gasteiger partial charge on any atom is 0.162 e. The van der Waals surface area contributed by atoms with Crippen molar-refractivity contribution in [2.75, 3.05) is 13.2 Å². The summed E-state index contributed by atoms with van der Waals surface area (Å²) in [5, 5.41) is 0.680. The van der Waals surface area contributed by atoms with E-state index in [9.17, 15) is 0 Å². The first-order chi connectivity index (χ1) is 10.1. The van der Waals surface area contributed by atoms with Gasteiger partial charge in [0.2, 0.25) is 0 Å². The molecule has 21 heavy (non-hydrogen) atoms. The lowest BCUT2D eigenvalue weighted by Gasteiger charge is -2.23. The molecule has 0 radical (unpaired) electrons. The Bertz CT molecular complexity index is 690. The van der Waals surface area contributed by atoms with E-state index in [4.69, 9.17) is 26.8 Å². The van der Waals surface area contributed by atoms with Crippen molar-refractivity contribution in [2.24, 2.45) is 5.73 Å². The van der Waals surface area contributed by atoms with Crippen molar-refractivity contribution in [2.45, 2.75) is 13.0 Å². The van der Waals surface area contributed by atoms with Gasteiger partial charge in [-0.05, 0) is 47.9 Å². The SMILES string of the molecule is Cc1ccc(Cl)cc1C(N)c1cc2c(cc1Br)OCCO2. The quantitative estimate of drug-likeness (QED) is 0.862.